The first-order valence-corrected chi connectivity index (χ1v) is 10.6. The Labute approximate surface area is 172 Å². The number of pyridine rings is 1. The summed E-state index contributed by atoms with van der Waals surface area (Å²) in [5.41, 5.74) is 1.70. The molecule has 6 nitrogen and oxygen atoms in total. The molecule has 2 fully saturated rings. The number of rotatable bonds is 4. The third-order valence-corrected chi connectivity index (χ3v) is 5.58. The molecule has 1 aromatic heterocycles. The number of hydrogen-bond donors (Lipinski definition) is 1. The topological polar surface area (TPSA) is 57.7 Å². The number of carbonyl (C=O) groups is 1. The fraction of sp³-hybridized carbons (Fsp3) is 0.478. The molecule has 0 aliphatic carbocycles. The Hall–Kier alpha value is -2.60. The maximum absolute atomic E-state index is 13.1. The second kappa shape index (κ2) is 9.27. The maximum atomic E-state index is 13.1. The minimum absolute atomic E-state index is 0.00246. The Bertz CT molecular complexity index is 833. The molecule has 6 heteroatoms. The molecule has 2 saturated heterocycles. The van der Waals surface area contributed by atoms with Crippen molar-refractivity contribution in [1.29, 1.82) is 0 Å². The third kappa shape index (κ3) is 5.07. The van der Waals surface area contributed by atoms with Crippen molar-refractivity contribution in [3.05, 3.63) is 53.7 Å². The van der Waals surface area contributed by atoms with E-state index in [2.05, 4.69) is 23.2 Å². The Kier molecular flexibility index (Phi) is 6.30. The number of hydrogen-bond acceptors (Lipinski definition) is 5. The van der Waals surface area contributed by atoms with Gasteiger partial charge in [0, 0.05) is 26.2 Å². The molecule has 0 radical (unpaired) electrons. The number of nitrogens with zero attached hydrogens (tertiary/aromatic N) is 3. The van der Waals surface area contributed by atoms with Crippen LogP contribution >= 0.6 is 0 Å². The van der Waals surface area contributed by atoms with Gasteiger partial charge >= 0.3 is 0 Å². The molecule has 0 unspecified atom stereocenters. The van der Waals surface area contributed by atoms with Gasteiger partial charge in [0.15, 0.2) is 0 Å². The van der Waals surface area contributed by atoms with Crippen molar-refractivity contribution >= 4 is 11.7 Å². The fourth-order valence-corrected chi connectivity index (χ4v) is 4.06. The molecule has 0 spiro atoms. The van der Waals surface area contributed by atoms with Gasteiger partial charge in [-0.1, -0.05) is 18.2 Å². The van der Waals surface area contributed by atoms with Crippen LogP contribution in [0.25, 0.3) is 0 Å². The van der Waals surface area contributed by atoms with Crippen molar-refractivity contribution in [1.82, 2.24) is 15.2 Å². The number of piperidine rings is 1. The minimum atomic E-state index is -0.00246. The number of likely N-dealkylation sites (tertiary alicyclic amines) is 1. The number of nitrogens with one attached hydrogen (secondary N) is 1. The van der Waals surface area contributed by atoms with Gasteiger partial charge in [-0.2, -0.15) is 0 Å². The van der Waals surface area contributed by atoms with Crippen LogP contribution in [0.1, 0.15) is 35.3 Å². The largest absolute Gasteiger partial charge is 0.489 e. The second-order valence-electron chi connectivity index (χ2n) is 7.92. The predicted octanol–water partition coefficient (Wildman–Crippen LogP) is 2.87. The maximum Gasteiger partial charge on any atom is 0.272 e. The normalized spacial score (nSPS) is 20.2. The summed E-state index contributed by atoms with van der Waals surface area (Å²) in [5, 5.41) is 3.41. The molecule has 1 N–H and O–H groups in total. The van der Waals surface area contributed by atoms with E-state index in [-0.39, 0.29) is 12.0 Å². The molecule has 4 rings (SSSR count). The monoisotopic (exact) mass is 394 g/mol. The van der Waals surface area contributed by atoms with E-state index in [0.29, 0.717) is 12.2 Å². The third-order valence-electron chi connectivity index (χ3n) is 5.58. The predicted molar refractivity (Wildman–Crippen MR) is 115 cm³/mol. The quantitative estimate of drug-likeness (QED) is 0.864. The molecular weight excluding hydrogens is 364 g/mol. The van der Waals surface area contributed by atoms with E-state index < -0.39 is 0 Å². The van der Waals surface area contributed by atoms with Gasteiger partial charge in [-0.05, 0) is 62.6 Å². The van der Waals surface area contributed by atoms with Crippen molar-refractivity contribution in [2.24, 2.45) is 0 Å². The van der Waals surface area contributed by atoms with Crippen molar-refractivity contribution in [3.63, 3.8) is 0 Å². The zero-order valence-electron chi connectivity index (χ0n) is 17.1. The average molecular weight is 395 g/mol. The summed E-state index contributed by atoms with van der Waals surface area (Å²) in [6, 6.07) is 13.9. The summed E-state index contributed by atoms with van der Waals surface area (Å²) in [4.78, 5) is 22.0. The van der Waals surface area contributed by atoms with Gasteiger partial charge in [0.1, 0.15) is 23.4 Å². The number of ether oxygens (including phenoxy) is 1. The summed E-state index contributed by atoms with van der Waals surface area (Å²) in [6.45, 7) is 7.28. The Balaban J connectivity index is 1.42. The number of aryl methyl sites for hydroxylation is 1. The van der Waals surface area contributed by atoms with Crippen LogP contribution in [0, 0.1) is 6.92 Å². The number of anilines is 1. The molecule has 0 bridgehead atoms. The first-order valence-electron chi connectivity index (χ1n) is 10.6. The highest BCUT2D eigenvalue weighted by atomic mass is 16.5. The smallest absolute Gasteiger partial charge is 0.272 e. The van der Waals surface area contributed by atoms with Gasteiger partial charge in [-0.25, -0.2) is 4.98 Å². The fourth-order valence-electron chi connectivity index (χ4n) is 4.06. The summed E-state index contributed by atoms with van der Waals surface area (Å²) >= 11 is 0. The van der Waals surface area contributed by atoms with Crippen molar-refractivity contribution in [2.45, 2.75) is 32.3 Å². The van der Waals surface area contributed by atoms with Crippen LogP contribution in [0.5, 0.6) is 5.75 Å². The van der Waals surface area contributed by atoms with Crippen LogP contribution < -0.4 is 15.0 Å². The molecule has 2 aliphatic rings. The molecule has 1 aromatic carbocycles. The molecule has 2 aliphatic heterocycles. The number of carbonyl (C=O) groups excluding carboxylic acids is 1. The lowest BCUT2D eigenvalue weighted by Crippen LogP contribution is -2.44. The molecule has 154 valence electrons. The van der Waals surface area contributed by atoms with Crippen LogP contribution in [0.3, 0.4) is 0 Å². The lowest BCUT2D eigenvalue weighted by atomic mass is 10.1. The van der Waals surface area contributed by atoms with Gasteiger partial charge in [0.25, 0.3) is 5.91 Å². The first kappa shape index (κ1) is 19.7. The van der Waals surface area contributed by atoms with E-state index in [0.717, 1.165) is 63.6 Å². The molecule has 2 aromatic rings. The van der Waals surface area contributed by atoms with Crippen LogP contribution in [0.4, 0.5) is 5.82 Å². The highest BCUT2D eigenvalue weighted by molar-refractivity contribution is 5.92. The van der Waals surface area contributed by atoms with Crippen LogP contribution in [-0.4, -0.2) is 61.2 Å². The molecule has 1 atom stereocenters. The Morgan fingerprint density at radius 1 is 1.10 bits per heavy atom. The average Bonchev–Trinajstić information content (AvgIpc) is 3.03. The standard InChI is InChI=1S/C23H30N4O2/c1-18-6-2-7-19(16-18)29-20-8-4-13-27(17-20)23(28)21-9-3-10-22(25-21)26-14-5-11-24-12-15-26/h2-3,6-7,9-10,16,20,24H,4-5,8,11-15,17H2,1H3/t20-/m1/s1. The van der Waals surface area contributed by atoms with Crippen molar-refractivity contribution in [3.8, 4) is 5.75 Å². The second-order valence-corrected chi connectivity index (χ2v) is 7.92. The molecule has 1 amide bonds. The van der Waals surface area contributed by atoms with Crippen molar-refractivity contribution in [2.75, 3.05) is 44.2 Å². The van der Waals surface area contributed by atoms with Gasteiger partial charge in [-0.3, -0.25) is 4.79 Å². The highest BCUT2D eigenvalue weighted by Crippen LogP contribution is 2.21. The highest BCUT2D eigenvalue weighted by Gasteiger charge is 2.27. The van der Waals surface area contributed by atoms with E-state index in [1.807, 2.05) is 41.3 Å². The van der Waals surface area contributed by atoms with Gasteiger partial charge in [0.05, 0.1) is 6.54 Å². The van der Waals surface area contributed by atoms with E-state index in [4.69, 9.17) is 9.72 Å². The van der Waals surface area contributed by atoms with E-state index in [9.17, 15) is 4.79 Å². The summed E-state index contributed by atoms with van der Waals surface area (Å²) < 4.78 is 6.16. The number of benzene rings is 1. The Morgan fingerprint density at radius 2 is 2.00 bits per heavy atom. The summed E-state index contributed by atoms with van der Waals surface area (Å²) in [6.07, 6.45) is 3.02. The van der Waals surface area contributed by atoms with Crippen LogP contribution in [0.15, 0.2) is 42.5 Å². The number of amides is 1. The number of aromatic nitrogens is 1. The minimum Gasteiger partial charge on any atom is -0.489 e. The zero-order chi connectivity index (χ0) is 20.1. The van der Waals surface area contributed by atoms with Gasteiger partial charge < -0.3 is 19.9 Å². The SMILES string of the molecule is Cc1cccc(O[C@@H]2CCCN(C(=O)c3cccc(N4CCCNCC4)n3)C2)c1. The zero-order valence-corrected chi connectivity index (χ0v) is 17.1. The lowest BCUT2D eigenvalue weighted by Gasteiger charge is -2.33. The summed E-state index contributed by atoms with van der Waals surface area (Å²) in [5.74, 6) is 1.76. The van der Waals surface area contributed by atoms with Crippen LogP contribution in [0.2, 0.25) is 0 Å². The van der Waals surface area contributed by atoms with E-state index in [1.54, 1.807) is 0 Å². The molecule has 0 saturated carbocycles. The van der Waals surface area contributed by atoms with Crippen LogP contribution in [-0.2, 0) is 0 Å². The Morgan fingerprint density at radius 3 is 2.90 bits per heavy atom. The molecule has 29 heavy (non-hydrogen) atoms. The molecular formula is C23H30N4O2. The van der Waals surface area contributed by atoms with Gasteiger partial charge in [-0.15, -0.1) is 0 Å². The first-order chi connectivity index (χ1) is 14.2. The van der Waals surface area contributed by atoms with E-state index >= 15 is 0 Å². The summed E-state index contributed by atoms with van der Waals surface area (Å²) in [7, 11) is 0. The van der Waals surface area contributed by atoms with E-state index in [1.165, 1.54) is 5.56 Å². The van der Waals surface area contributed by atoms with Crippen molar-refractivity contribution < 1.29 is 9.53 Å². The molecule has 3 heterocycles. The lowest BCUT2D eigenvalue weighted by molar-refractivity contribution is 0.0532. The van der Waals surface area contributed by atoms with Gasteiger partial charge in [0.2, 0.25) is 0 Å².